The van der Waals surface area contributed by atoms with Crippen molar-refractivity contribution >= 4 is 23.3 Å². The summed E-state index contributed by atoms with van der Waals surface area (Å²) in [5, 5.41) is 12.8. The maximum Gasteiger partial charge on any atom is 0.293 e. The molecule has 138 valence electrons. The summed E-state index contributed by atoms with van der Waals surface area (Å²) in [5.74, 6) is -0.0544. The molecule has 2 heterocycles. The lowest BCUT2D eigenvalue weighted by atomic mass is 10.1. The standard InChI is InChI=1S/C17H19ClN4O4/c1-21-5-4-19-15(17(21)25)20-9-12-10-22(6-7-26-12)16(24)13-8-11(23)2-3-14(13)18/h2-5,8,12,23H,6-7,9-10H2,1H3,(H,19,20)/t12-/m1/s1. The molecule has 1 aromatic carbocycles. The summed E-state index contributed by atoms with van der Waals surface area (Å²) in [6.07, 6.45) is 2.81. The Hall–Kier alpha value is -2.58. The predicted octanol–water partition coefficient (Wildman–Crippen LogP) is 1.09. The predicted molar refractivity (Wildman–Crippen MR) is 96.7 cm³/mol. The summed E-state index contributed by atoms with van der Waals surface area (Å²) in [6, 6.07) is 4.27. The number of phenols is 1. The minimum Gasteiger partial charge on any atom is -0.508 e. The van der Waals surface area contributed by atoms with E-state index < -0.39 is 0 Å². The van der Waals surface area contributed by atoms with Gasteiger partial charge < -0.3 is 24.6 Å². The third-order valence-corrected chi connectivity index (χ3v) is 4.45. The lowest BCUT2D eigenvalue weighted by Crippen LogP contribution is -2.48. The summed E-state index contributed by atoms with van der Waals surface area (Å²) in [5.41, 5.74) is 0.0154. The highest BCUT2D eigenvalue weighted by Crippen LogP contribution is 2.23. The number of morpholine rings is 1. The van der Waals surface area contributed by atoms with Crippen LogP contribution < -0.4 is 10.9 Å². The summed E-state index contributed by atoms with van der Waals surface area (Å²) in [7, 11) is 1.64. The number of halogens is 1. The molecule has 1 aromatic heterocycles. The van der Waals surface area contributed by atoms with Crippen LogP contribution in [0.1, 0.15) is 10.4 Å². The number of hydrogen-bond acceptors (Lipinski definition) is 6. The van der Waals surface area contributed by atoms with Gasteiger partial charge in [-0.25, -0.2) is 4.98 Å². The van der Waals surface area contributed by atoms with Crippen LogP contribution in [0.3, 0.4) is 0 Å². The lowest BCUT2D eigenvalue weighted by molar-refractivity contribution is -0.0149. The first-order chi connectivity index (χ1) is 12.5. The molecule has 0 aliphatic carbocycles. The molecule has 0 radical (unpaired) electrons. The fourth-order valence-electron chi connectivity index (χ4n) is 2.70. The molecule has 0 spiro atoms. The molecular weight excluding hydrogens is 360 g/mol. The molecular formula is C17H19ClN4O4. The number of hydrogen-bond donors (Lipinski definition) is 2. The quantitative estimate of drug-likeness (QED) is 0.826. The number of carbonyl (C=O) groups is 1. The van der Waals surface area contributed by atoms with Crippen LogP contribution in [0.25, 0.3) is 0 Å². The van der Waals surface area contributed by atoms with Crippen molar-refractivity contribution in [2.45, 2.75) is 6.10 Å². The monoisotopic (exact) mass is 378 g/mol. The molecule has 26 heavy (non-hydrogen) atoms. The summed E-state index contributed by atoms with van der Waals surface area (Å²) < 4.78 is 7.09. The van der Waals surface area contributed by atoms with E-state index >= 15 is 0 Å². The van der Waals surface area contributed by atoms with Gasteiger partial charge in [-0.3, -0.25) is 9.59 Å². The number of nitrogens with zero attached hydrogens (tertiary/aromatic N) is 3. The number of aryl methyl sites for hydroxylation is 1. The van der Waals surface area contributed by atoms with Gasteiger partial charge in [-0.05, 0) is 18.2 Å². The number of phenolic OH excluding ortho intramolecular Hbond substituents is 1. The van der Waals surface area contributed by atoms with Crippen molar-refractivity contribution in [3.05, 3.63) is 51.5 Å². The summed E-state index contributed by atoms with van der Waals surface area (Å²) in [6.45, 7) is 1.47. The van der Waals surface area contributed by atoms with Gasteiger partial charge in [0.05, 0.1) is 23.3 Å². The molecule has 1 atom stereocenters. The normalized spacial score (nSPS) is 17.2. The van der Waals surface area contributed by atoms with Gasteiger partial charge in [0.15, 0.2) is 5.82 Å². The Morgan fingerprint density at radius 2 is 2.31 bits per heavy atom. The van der Waals surface area contributed by atoms with Crippen LogP contribution in [-0.2, 0) is 11.8 Å². The van der Waals surface area contributed by atoms with E-state index in [0.717, 1.165) is 0 Å². The highest BCUT2D eigenvalue weighted by atomic mass is 35.5. The minimum absolute atomic E-state index is 0.0183. The number of benzene rings is 1. The third-order valence-electron chi connectivity index (χ3n) is 4.12. The molecule has 0 bridgehead atoms. The van der Waals surface area contributed by atoms with Gasteiger partial charge in [0.2, 0.25) is 0 Å². The number of rotatable bonds is 4. The van der Waals surface area contributed by atoms with E-state index in [2.05, 4.69) is 10.3 Å². The molecule has 1 aliphatic heterocycles. The Balaban J connectivity index is 1.65. The fraction of sp³-hybridized carbons (Fsp3) is 0.353. The zero-order valence-electron chi connectivity index (χ0n) is 14.2. The maximum absolute atomic E-state index is 12.7. The van der Waals surface area contributed by atoms with E-state index in [-0.39, 0.29) is 39.7 Å². The van der Waals surface area contributed by atoms with E-state index in [1.807, 2.05) is 0 Å². The number of aromatic hydroxyl groups is 1. The van der Waals surface area contributed by atoms with E-state index in [4.69, 9.17) is 16.3 Å². The topological polar surface area (TPSA) is 96.7 Å². The molecule has 9 heteroatoms. The van der Waals surface area contributed by atoms with Gasteiger partial charge in [-0.15, -0.1) is 0 Å². The Kier molecular flexibility index (Phi) is 5.43. The van der Waals surface area contributed by atoms with Crippen LogP contribution in [0.4, 0.5) is 5.82 Å². The minimum atomic E-state index is -0.296. The van der Waals surface area contributed by atoms with E-state index in [1.165, 1.54) is 29.0 Å². The first-order valence-corrected chi connectivity index (χ1v) is 8.48. The van der Waals surface area contributed by atoms with Crippen molar-refractivity contribution in [1.82, 2.24) is 14.5 Å². The maximum atomic E-state index is 12.7. The number of carbonyl (C=O) groups excluding carboxylic acids is 1. The number of aromatic nitrogens is 2. The number of amides is 1. The van der Waals surface area contributed by atoms with Crippen molar-refractivity contribution in [3.63, 3.8) is 0 Å². The van der Waals surface area contributed by atoms with Crippen molar-refractivity contribution in [1.29, 1.82) is 0 Å². The molecule has 2 aromatic rings. The Morgan fingerprint density at radius 3 is 3.12 bits per heavy atom. The van der Waals surface area contributed by atoms with Gasteiger partial charge >= 0.3 is 0 Å². The number of ether oxygens (including phenoxy) is 1. The lowest BCUT2D eigenvalue weighted by Gasteiger charge is -2.33. The average molecular weight is 379 g/mol. The van der Waals surface area contributed by atoms with Crippen LogP contribution in [0, 0.1) is 0 Å². The van der Waals surface area contributed by atoms with Crippen molar-refractivity contribution < 1.29 is 14.6 Å². The molecule has 1 saturated heterocycles. The van der Waals surface area contributed by atoms with Crippen LogP contribution in [0.5, 0.6) is 5.75 Å². The van der Waals surface area contributed by atoms with E-state index in [0.29, 0.717) is 26.2 Å². The highest BCUT2D eigenvalue weighted by Gasteiger charge is 2.26. The Bertz CT molecular complexity index is 870. The van der Waals surface area contributed by atoms with E-state index in [9.17, 15) is 14.7 Å². The SMILES string of the molecule is Cn1ccnc(NC[C@@H]2CN(C(=O)c3cc(O)ccc3Cl)CCO2)c1=O. The molecule has 0 unspecified atom stereocenters. The Morgan fingerprint density at radius 1 is 1.50 bits per heavy atom. The second-order valence-electron chi connectivity index (χ2n) is 5.98. The second kappa shape index (κ2) is 7.76. The van der Waals surface area contributed by atoms with Gasteiger partial charge in [-0.2, -0.15) is 0 Å². The zero-order valence-corrected chi connectivity index (χ0v) is 14.9. The van der Waals surface area contributed by atoms with Crippen molar-refractivity contribution in [2.24, 2.45) is 7.05 Å². The van der Waals surface area contributed by atoms with Gasteiger partial charge in [-0.1, -0.05) is 11.6 Å². The van der Waals surface area contributed by atoms with Crippen molar-refractivity contribution in [2.75, 3.05) is 31.6 Å². The second-order valence-corrected chi connectivity index (χ2v) is 6.39. The van der Waals surface area contributed by atoms with Crippen molar-refractivity contribution in [3.8, 4) is 5.75 Å². The molecule has 1 aliphatic rings. The van der Waals surface area contributed by atoms with Gasteiger partial charge in [0, 0.05) is 39.1 Å². The molecule has 3 rings (SSSR count). The fourth-order valence-corrected chi connectivity index (χ4v) is 2.90. The largest absolute Gasteiger partial charge is 0.508 e. The van der Waals surface area contributed by atoms with Gasteiger partial charge in [0.25, 0.3) is 11.5 Å². The molecule has 2 N–H and O–H groups in total. The third kappa shape index (κ3) is 3.97. The highest BCUT2D eigenvalue weighted by molar-refractivity contribution is 6.33. The van der Waals surface area contributed by atoms with Gasteiger partial charge in [0.1, 0.15) is 5.75 Å². The molecule has 1 amide bonds. The summed E-state index contributed by atoms with van der Waals surface area (Å²) >= 11 is 6.07. The van der Waals surface area contributed by atoms with Crippen LogP contribution >= 0.6 is 11.6 Å². The van der Waals surface area contributed by atoms with E-state index in [1.54, 1.807) is 18.1 Å². The van der Waals surface area contributed by atoms with Crippen LogP contribution in [0.15, 0.2) is 35.4 Å². The van der Waals surface area contributed by atoms with Crippen LogP contribution in [-0.4, -0.2) is 57.8 Å². The number of anilines is 1. The zero-order chi connectivity index (χ0) is 18.7. The molecule has 0 saturated carbocycles. The summed E-state index contributed by atoms with van der Waals surface area (Å²) in [4.78, 5) is 30.3. The average Bonchev–Trinajstić information content (AvgIpc) is 2.64. The smallest absolute Gasteiger partial charge is 0.293 e. The molecule has 8 nitrogen and oxygen atoms in total. The first-order valence-electron chi connectivity index (χ1n) is 8.10. The first kappa shape index (κ1) is 18.2. The Labute approximate surface area is 155 Å². The number of nitrogens with one attached hydrogen (secondary N) is 1. The van der Waals surface area contributed by atoms with Crippen LogP contribution in [0.2, 0.25) is 5.02 Å². The molecule has 1 fully saturated rings.